The molecule has 0 unspecified atom stereocenters. The third kappa shape index (κ3) is 2.81. The minimum absolute atomic E-state index is 0.537. The Morgan fingerprint density at radius 3 is 2.67 bits per heavy atom. The molecule has 7 nitrogen and oxygen atoms in total. The van der Waals surface area contributed by atoms with Crippen LogP contribution in [0.5, 0.6) is 0 Å². The summed E-state index contributed by atoms with van der Waals surface area (Å²) in [5, 5.41) is 9.32. The first kappa shape index (κ1) is 15.3. The van der Waals surface area contributed by atoms with Crippen LogP contribution in [-0.4, -0.2) is 63.1 Å². The van der Waals surface area contributed by atoms with Crippen LogP contribution in [-0.2, 0) is 6.54 Å². The zero-order chi connectivity index (χ0) is 16.5. The van der Waals surface area contributed by atoms with Gasteiger partial charge in [0.15, 0.2) is 17.0 Å². The van der Waals surface area contributed by atoms with Crippen molar-refractivity contribution in [2.45, 2.75) is 6.54 Å². The van der Waals surface area contributed by atoms with E-state index in [0.717, 1.165) is 53.7 Å². The first-order valence-electron chi connectivity index (χ1n) is 7.93. The van der Waals surface area contributed by atoms with E-state index in [1.54, 1.807) is 11.0 Å². The van der Waals surface area contributed by atoms with Crippen LogP contribution in [0.25, 0.3) is 11.2 Å². The zero-order valence-corrected chi connectivity index (χ0v) is 14.2. The number of hydrogen-bond donors (Lipinski definition) is 0. The Morgan fingerprint density at radius 1 is 1.08 bits per heavy atom. The Morgan fingerprint density at radius 2 is 1.88 bits per heavy atom. The highest BCUT2D eigenvalue weighted by molar-refractivity contribution is 6.31. The molecule has 3 aromatic rings. The van der Waals surface area contributed by atoms with Crippen LogP contribution < -0.4 is 4.90 Å². The molecule has 0 saturated carbocycles. The van der Waals surface area contributed by atoms with E-state index in [1.165, 1.54) is 0 Å². The highest BCUT2D eigenvalue weighted by Crippen LogP contribution is 2.23. The van der Waals surface area contributed by atoms with Crippen molar-refractivity contribution < 1.29 is 0 Å². The molecule has 0 aliphatic carbocycles. The highest BCUT2D eigenvalue weighted by atomic mass is 35.5. The summed E-state index contributed by atoms with van der Waals surface area (Å²) >= 11 is 6.25. The Labute approximate surface area is 144 Å². The van der Waals surface area contributed by atoms with Crippen LogP contribution in [0.15, 0.2) is 30.6 Å². The number of halogens is 1. The van der Waals surface area contributed by atoms with E-state index in [1.807, 2.05) is 24.3 Å². The number of fused-ring (bicyclic) bond motifs is 1. The number of likely N-dealkylation sites (N-methyl/N-ethyl adjacent to an activating group) is 1. The third-order valence-electron chi connectivity index (χ3n) is 4.36. The van der Waals surface area contributed by atoms with E-state index >= 15 is 0 Å². The molecule has 2 aromatic heterocycles. The molecular formula is C16H18ClN7. The lowest BCUT2D eigenvalue weighted by atomic mass is 10.2. The molecule has 0 radical (unpaired) electrons. The molecule has 4 rings (SSSR count). The number of aromatic nitrogens is 5. The van der Waals surface area contributed by atoms with Gasteiger partial charge in [-0.15, -0.1) is 5.10 Å². The smallest absolute Gasteiger partial charge is 0.184 e. The summed E-state index contributed by atoms with van der Waals surface area (Å²) in [6, 6.07) is 7.74. The lowest BCUT2D eigenvalue weighted by Crippen LogP contribution is -2.44. The number of rotatable bonds is 3. The Hall–Kier alpha value is -2.25. The standard InChI is InChI=1S/C16H18ClN7/c1-22-6-8-23(9-7-22)15-14-16(19-11-18-15)24(21-20-14)10-12-4-2-3-5-13(12)17/h2-5,11H,6-10H2,1H3. The molecule has 1 saturated heterocycles. The quantitative estimate of drug-likeness (QED) is 0.721. The summed E-state index contributed by atoms with van der Waals surface area (Å²) in [7, 11) is 2.13. The summed E-state index contributed by atoms with van der Waals surface area (Å²) in [5.41, 5.74) is 2.47. The van der Waals surface area contributed by atoms with Crippen molar-refractivity contribution in [3.8, 4) is 0 Å². The molecule has 3 heterocycles. The highest BCUT2D eigenvalue weighted by Gasteiger charge is 2.20. The van der Waals surface area contributed by atoms with Crippen molar-refractivity contribution in [3.05, 3.63) is 41.2 Å². The van der Waals surface area contributed by atoms with Crippen LogP contribution >= 0.6 is 11.6 Å². The molecule has 124 valence electrons. The second-order valence-corrected chi connectivity index (χ2v) is 6.41. The lowest BCUT2D eigenvalue weighted by molar-refractivity contribution is 0.312. The topological polar surface area (TPSA) is 63.0 Å². The van der Waals surface area contributed by atoms with E-state index in [-0.39, 0.29) is 0 Å². The van der Waals surface area contributed by atoms with Gasteiger partial charge in [-0.05, 0) is 18.7 Å². The second-order valence-electron chi connectivity index (χ2n) is 6.00. The van der Waals surface area contributed by atoms with Gasteiger partial charge >= 0.3 is 0 Å². The van der Waals surface area contributed by atoms with Crippen molar-refractivity contribution in [1.29, 1.82) is 0 Å². The average molecular weight is 344 g/mol. The van der Waals surface area contributed by atoms with Gasteiger partial charge < -0.3 is 9.80 Å². The van der Waals surface area contributed by atoms with E-state index in [0.29, 0.717) is 6.54 Å². The molecule has 24 heavy (non-hydrogen) atoms. The first-order valence-corrected chi connectivity index (χ1v) is 8.31. The number of nitrogens with zero attached hydrogens (tertiary/aromatic N) is 7. The van der Waals surface area contributed by atoms with Gasteiger partial charge in [0.25, 0.3) is 0 Å². The minimum Gasteiger partial charge on any atom is -0.352 e. The van der Waals surface area contributed by atoms with Gasteiger partial charge in [0.1, 0.15) is 6.33 Å². The molecule has 1 aromatic carbocycles. The van der Waals surface area contributed by atoms with Gasteiger partial charge in [0, 0.05) is 31.2 Å². The summed E-state index contributed by atoms with van der Waals surface area (Å²) in [6.07, 6.45) is 1.59. The summed E-state index contributed by atoms with van der Waals surface area (Å²) < 4.78 is 1.78. The van der Waals surface area contributed by atoms with Crippen molar-refractivity contribution in [1.82, 2.24) is 29.9 Å². The number of piperazine rings is 1. The fraction of sp³-hybridized carbons (Fsp3) is 0.375. The molecule has 0 amide bonds. The van der Waals surface area contributed by atoms with Gasteiger partial charge in [-0.3, -0.25) is 0 Å². The van der Waals surface area contributed by atoms with Crippen molar-refractivity contribution in [3.63, 3.8) is 0 Å². The molecule has 0 N–H and O–H groups in total. The third-order valence-corrected chi connectivity index (χ3v) is 4.73. The lowest BCUT2D eigenvalue weighted by Gasteiger charge is -2.32. The van der Waals surface area contributed by atoms with E-state index in [4.69, 9.17) is 11.6 Å². The maximum absolute atomic E-state index is 6.25. The van der Waals surface area contributed by atoms with Gasteiger partial charge in [-0.2, -0.15) is 0 Å². The molecule has 1 aliphatic rings. The fourth-order valence-corrected chi connectivity index (χ4v) is 3.12. The van der Waals surface area contributed by atoms with Crippen LogP contribution in [0, 0.1) is 0 Å². The van der Waals surface area contributed by atoms with Crippen LogP contribution in [0.3, 0.4) is 0 Å². The fourth-order valence-electron chi connectivity index (χ4n) is 2.92. The van der Waals surface area contributed by atoms with Gasteiger partial charge in [-0.1, -0.05) is 35.0 Å². The van der Waals surface area contributed by atoms with E-state index in [2.05, 4.69) is 37.1 Å². The van der Waals surface area contributed by atoms with Gasteiger partial charge in [0.2, 0.25) is 0 Å². The van der Waals surface area contributed by atoms with Gasteiger partial charge in [-0.25, -0.2) is 14.6 Å². The first-order chi connectivity index (χ1) is 11.7. The van der Waals surface area contributed by atoms with E-state index in [9.17, 15) is 0 Å². The molecule has 1 aliphatic heterocycles. The number of benzene rings is 1. The Bertz CT molecular complexity index is 855. The zero-order valence-electron chi connectivity index (χ0n) is 13.4. The predicted octanol–water partition coefficient (Wildman–Crippen LogP) is 1.67. The normalized spacial score (nSPS) is 16.0. The van der Waals surface area contributed by atoms with Crippen molar-refractivity contribution in [2.75, 3.05) is 38.1 Å². The SMILES string of the molecule is CN1CCN(c2ncnc3c2nnn3Cc2ccccc2Cl)CC1. The Balaban J connectivity index is 1.68. The predicted molar refractivity (Wildman–Crippen MR) is 93.4 cm³/mol. The number of hydrogen-bond acceptors (Lipinski definition) is 6. The van der Waals surface area contributed by atoms with Crippen LogP contribution in [0.2, 0.25) is 5.02 Å². The Kier molecular flexibility index (Phi) is 4.03. The maximum Gasteiger partial charge on any atom is 0.184 e. The summed E-state index contributed by atoms with van der Waals surface area (Å²) in [4.78, 5) is 13.4. The van der Waals surface area contributed by atoms with Crippen LogP contribution in [0.1, 0.15) is 5.56 Å². The largest absolute Gasteiger partial charge is 0.352 e. The number of anilines is 1. The minimum atomic E-state index is 0.537. The molecular weight excluding hydrogens is 326 g/mol. The van der Waals surface area contributed by atoms with Gasteiger partial charge in [0.05, 0.1) is 6.54 Å². The van der Waals surface area contributed by atoms with Crippen molar-refractivity contribution in [2.24, 2.45) is 0 Å². The molecule has 1 fully saturated rings. The van der Waals surface area contributed by atoms with E-state index < -0.39 is 0 Å². The molecule has 8 heteroatoms. The monoisotopic (exact) mass is 343 g/mol. The van der Waals surface area contributed by atoms with Crippen molar-refractivity contribution >= 4 is 28.6 Å². The maximum atomic E-state index is 6.25. The molecule has 0 bridgehead atoms. The molecule has 0 atom stereocenters. The summed E-state index contributed by atoms with van der Waals surface area (Å²) in [5.74, 6) is 0.860. The van der Waals surface area contributed by atoms with Crippen LogP contribution in [0.4, 0.5) is 5.82 Å². The average Bonchev–Trinajstić information content (AvgIpc) is 3.01. The summed E-state index contributed by atoms with van der Waals surface area (Å²) in [6.45, 7) is 4.42. The second kappa shape index (κ2) is 6.33. The molecule has 0 spiro atoms.